The Kier molecular flexibility index (Phi) is 5.96. The molecule has 5 rings (SSSR count). The number of methoxy groups -OCH3 is 1. The lowest BCUT2D eigenvalue weighted by molar-refractivity contribution is -0.118. The van der Waals surface area contributed by atoms with E-state index in [0.29, 0.717) is 46.4 Å². The molecular formula is C26H25FN4O3S. The summed E-state index contributed by atoms with van der Waals surface area (Å²) in [4.78, 5) is 29.9. The fraction of sp³-hybridized carbons (Fsp3) is 0.308. The van der Waals surface area contributed by atoms with Gasteiger partial charge in [-0.2, -0.15) is 4.98 Å². The molecule has 1 aliphatic heterocycles. The Morgan fingerprint density at radius 1 is 1.20 bits per heavy atom. The average molecular weight is 493 g/mol. The number of allylic oxidation sites excluding steroid dienone is 2. The van der Waals surface area contributed by atoms with Gasteiger partial charge >= 0.3 is 5.97 Å². The van der Waals surface area contributed by atoms with Gasteiger partial charge in [0.25, 0.3) is 0 Å². The highest BCUT2D eigenvalue weighted by molar-refractivity contribution is 7.98. The lowest BCUT2D eigenvalue weighted by Crippen LogP contribution is -2.36. The zero-order valence-electron chi connectivity index (χ0n) is 19.7. The van der Waals surface area contributed by atoms with Crippen LogP contribution in [-0.2, 0) is 15.3 Å². The molecule has 0 amide bonds. The Morgan fingerprint density at radius 3 is 2.66 bits per heavy atom. The van der Waals surface area contributed by atoms with Crippen LogP contribution in [0.1, 0.15) is 54.2 Å². The summed E-state index contributed by atoms with van der Waals surface area (Å²) in [5.74, 6) is 0.286. The number of fused-ring (bicyclic) bond motifs is 1. The maximum Gasteiger partial charge on any atom is 0.337 e. The number of carbonyl (C=O) groups is 2. The van der Waals surface area contributed by atoms with E-state index < -0.39 is 12.0 Å². The minimum Gasteiger partial charge on any atom is -0.465 e. The molecule has 0 spiro atoms. The van der Waals surface area contributed by atoms with Crippen LogP contribution < -0.4 is 5.32 Å². The molecule has 180 valence electrons. The maximum atomic E-state index is 14.1. The molecule has 1 aromatic heterocycles. The van der Waals surface area contributed by atoms with Crippen LogP contribution in [-0.4, -0.2) is 33.6 Å². The van der Waals surface area contributed by atoms with Crippen LogP contribution in [0.3, 0.4) is 0 Å². The van der Waals surface area contributed by atoms with Gasteiger partial charge in [0.2, 0.25) is 11.1 Å². The zero-order chi connectivity index (χ0) is 24.7. The van der Waals surface area contributed by atoms with Crippen LogP contribution >= 0.6 is 11.8 Å². The second-order valence-corrected chi connectivity index (χ2v) is 10.5. The van der Waals surface area contributed by atoms with Gasteiger partial charge in [0.05, 0.1) is 12.7 Å². The number of Topliss-reactive ketones (excluding diaryl/α,β-unsaturated/α-hetero) is 1. The van der Waals surface area contributed by atoms with E-state index in [0.717, 1.165) is 11.3 Å². The normalized spacial score (nSPS) is 18.5. The zero-order valence-corrected chi connectivity index (χ0v) is 20.5. The first-order valence-electron chi connectivity index (χ1n) is 11.3. The lowest BCUT2D eigenvalue weighted by atomic mass is 9.73. The summed E-state index contributed by atoms with van der Waals surface area (Å²) in [7, 11) is 1.34. The fourth-order valence-corrected chi connectivity index (χ4v) is 5.45. The number of ketones is 1. The van der Waals surface area contributed by atoms with Crippen molar-refractivity contribution in [3.8, 4) is 0 Å². The molecular weight excluding hydrogens is 467 g/mol. The van der Waals surface area contributed by atoms with E-state index >= 15 is 0 Å². The minimum atomic E-state index is -0.480. The third-order valence-electron chi connectivity index (χ3n) is 6.27. The van der Waals surface area contributed by atoms with Crippen molar-refractivity contribution in [2.24, 2.45) is 5.41 Å². The van der Waals surface area contributed by atoms with Gasteiger partial charge in [-0.3, -0.25) is 4.79 Å². The quantitative estimate of drug-likeness (QED) is 0.389. The standard InChI is InChI=1S/C26H25FN4O3S/c1-26(2)12-19-21(20(32)13-26)22(15-8-10-16(11-9-15)23(33)34-3)31-24(28-19)29-25(30-31)35-14-17-6-4-5-7-18(17)27/h4-11,22H,12-14H2,1-3H3,(H,28,29,30). The number of thioether (sulfide) groups is 1. The van der Waals surface area contributed by atoms with Crippen molar-refractivity contribution in [1.29, 1.82) is 0 Å². The van der Waals surface area contributed by atoms with E-state index in [-0.39, 0.29) is 17.0 Å². The van der Waals surface area contributed by atoms with E-state index in [2.05, 4.69) is 24.1 Å². The van der Waals surface area contributed by atoms with Gasteiger partial charge in [-0.15, -0.1) is 5.10 Å². The molecule has 1 N–H and O–H groups in total. The Labute approximate surface area is 206 Å². The predicted molar refractivity (Wildman–Crippen MR) is 131 cm³/mol. The predicted octanol–water partition coefficient (Wildman–Crippen LogP) is 5.15. The Balaban J connectivity index is 1.53. The van der Waals surface area contributed by atoms with E-state index in [9.17, 15) is 14.0 Å². The molecule has 0 saturated heterocycles. The number of hydrogen-bond donors (Lipinski definition) is 1. The first kappa shape index (κ1) is 23.3. The second kappa shape index (κ2) is 8.96. The number of halogens is 1. The summed E-state index contributed by atoms with van der Waals surface area (Å²) in [5, 5.41) is 8.52. The first-order chi connectivity index (χ1) is 16.8. The van der Waals surface area contributed by atoms with Gasteiger partial charge in [0.15, 0.2) is 5.78 Å². The third-order valence-corrected chi connectivity index (χ3v) is 7.16. The lowest BCUT2D eigenvalue weighted by Gasteiger charge is -2.38. The monoisotopic (exact) mass is 492 g/mol. The topological polar surface area (TPSA) is 86.1 Å². The number of nitrogens with zero attached hydrogens (tertiary/aromatic N) is 3. The molecule has 1 atom stereocenters. The van der Waals surface area contributed by atoms with Gasteiger partial charge in [-0.25, -0.2) is 13.9 Å². The SMILES string of the molecule is COC(=O)c1ccc(C2C3=C(CC(C)(C)CC3=O)Nc3nc(SCc4ccccc4F)nn32)cc1. The van der Waals surface area contributed by atoms with Gasteiger partial charge < -0.3 is 10.1 Å². The van der Waals surface area contributed by atoms with Crippen molar-refractivity contribution in [2.45, 2.75) is 43.6 Å². The molecule has 7 nitrogen and oxygen atoms in total. The molecule has 1 aliphatic carbocycles. The van der Waals surface area contributed by atoms with Gasteiger partial charge in [0.1, 0.15) is 11.9 Å². The van der Waals surface area contributed by atoms with E-state index in [4.69, 9.17) is 9.84 Å². The van der Waals surface area contributed by atoms with Gasteiger partial charge in [-0.05, 0) is 41.2 Å². The fourth-order valence-electron chi connectivity index (χ4n) is 4.64. The summed E-state index contributed by atoms with van der Waals surface area (Å²) < 4.78 is 20.6. The minimum absolute atomic E-state index is 0.0625. The number of ether oxygens (including phenoxy) is 1. The van der Waals surface area contributed by atoms with E-state index in [1.807, 2.05) is 12.1 Å². The van der Waals surface area contributed by atoms with Crippen LogP contribution in [0.15, 0.2) is 65.0 Å². The van der Waals surface area contributed by atoms with Gasteiger partial charge in [0, 0.05) is 23.4 Å². The number of hydrogen-bond acceptors (Lipinski definition) is 7. The van der Waals surface area contributed by atoms with Crippen molar-refractivity contribution < 1.29 is 18.7 Å². The first-order valence-corrected chi connectivity index (χ1v) is 12.3. The summed E-state index contributed by atoms with van der Waals surface area (Å²) in [6, 6.07) is 13.2. The highest BCUT2D eigenvalue weighted by atomic mass is 32.2. The molecule has 0 radical (unpaired) electrons. The van der Waals surface area contributed by atoms with Crippen molar-refractivity contribution in [3.05, 3.63) is 82.3 Å². The smallest absolute Gasteiger partial charge is 0.337 e. The molecule has 2 aliphatic rings. The van der Waals surface area contributed by atoms with Crippen molar-refractivity contribution in [1.82, 2.24) is 14.8 Å². The summed E-state index contributed by atoms with van der Waals surface area (Å²) in [5.41, 5.74) is 3.15. The molecule has 0 fully saturated rings. The highest BCUT2D eigenvalue weighted by Crippen LogP contribution is 2.45. The average Bonchev–Trinajstić information content (AvgIpc) is 3.23. The third kappa shape index (κ3) is 4.48. The van der Waals surface area contributed by atoms with Gasteiger partial charge in [-0.1, -0.05) is 55.9 Å². The van der Waals surface area contributed by atoms with Crippen LogP contribution in [0, 0.1) is 11.2 Å². The number of esters is 1. The van der Waals surface area contributed by atoms with Crippen LogP contribution in [0.4, 0.5) is 10.3 Å². The van der Waals surface area contributed by atoms with E-state index in [1.54, 1.807) is 35.0 Å². The number of aromatic nitrogens is 3. The number of rotatable bonds is 5. The van der Waals surface area contributed by atoms with Crippen molar-refractivity contribution in [2.75, 3.05) is 12.4 Å². The van der Waals surface area contributed by atoms with Crippen molar-refractivity contribution >= 4 is 29.5 Å². The Hall–Kier alpha value is -3.46. The molecule has 1 unspecified atom stereocenters. The largest absolute Gasteiger partial charge is 0.465 e. The summed E-state index contributed by atoms with van der Waals surface area (Å²) >= 11 is 1.33. The second-order valence-electron chi connectivity index (χ2n) is 9.52. The molecule has 9 heteroatoms. The Bertz CT molecular complexity index is 1350. The number of carbonyl (C=O) groups excluding carboxylic acids is 2. The maximum absolute atomic E-state index is 14.1. The van der Waals surface area contributed by atoms with E-state index in [1.165, 1.54) is 24.9 Å². The Morgan fingerprint density at radius 2 is 1.94 bits per heavy atom. The molecule has 0 bridgehead atoms. The molecule has 3 aromatic rings. The number of benzene rings is 2. The molecule has 0 saturated carbocycles. The van der Waals surface area contributed by atoms with Crippen LogP contribution in [0.2, 0.25) is 0 Å². The van der Waals surface area contributed by atoms with Crippen molar-refractivity contribution in [3.63, 3.8) is 0 Å². The molecule has 2 heterocycles. The molecule has 35 heavy (non-hydrogen) atoms. The molecule has 2 aromatic carbocycles. The summed E-state index contributed by atoms with van der Waals surface area (Å²) in [6.45, 7) is 4.15. The number of nitrogens with one attached hydrogen (secondary N) is 1. The highest BCUT2D eigenvalue weighted by Gasteiger charge is 2.41. The van der Waals surface area contributed by atoms with Crippen LogP contribution in [0.25, 0.3) is 0 Å². The van der Waals surface area contributed by atoms with Crippen LogP contribution in [0.5, 0.6) is 0 Å². The summed E-state index contributed by atoms with van der Waals surface area (Å²) in [6.07, 6.45) is 1.14. The number of anilines is 1.